The number of aliphatic hydroxyl groups is 1. The van der Waals surface area contributed by atoms with Gasteiger partial charge in [-0.3, -0.25) is 37.3 Å². The number of unbranched alkanes of at least 4 members (excludes halogenated alkanes) is 38. The maximum Gasteiger partial charge on any atom is 0.472 e. The quantitative estimate of drug-likeness (QED) is 0.0169. The fraction of sp³-hybridized carbons (Fsp3) is 0.802. The molecule has 0 saturated carbocycles. The summed E-state index contributed by atoms with van der Waals surface area (Å²) in [5, 5.41) is 10.6. The molecule has 0 aliphatic carbocycles. The Bertz CT molecular complexity index is 2180. The first-order chi connectivity index (χ1) is 48.7. The van der Waals surface area contributed by atoms with Crippen LogP contribution in [-0.2, 0) is 65.4 Å². The second-order valence-corrected chi connectivity index (χ2v) is 29.9. The zero-order chi connectivity index (χ0) is 73.2. The van der Waals surface area contributed by atoms with Crippen LogP contribution in [0, 0.1) is 0 Å². The summed E-state index contributed by atoms with van der Waals surface area (Å²) in [6.45, 7) is 4.81. The maximum absolute atomic E-state index is 13.1. The minimum Gasteiger partial charge on any atom is -0.462 e. The SMILES string of the molecule is CCCCC/C=C\C/C=C\C/C=C\C/C=C\CCCC(=O)OC[C@H](COP(=O)(O)OC[C@H](O)COP(=O)(O)OC[C@@H](COC(=O)CCCCCCC/C=C\C/C=C\CCCCC)OC(=O)CCCCCCCCCCCCCCCCC)OC(=O)CCCCCCCCCCCCCCC. The average Bonchev–Trinajstić information content (AvgIpc) is 0.965. The second-order valence-electron chi connectivity index (χ2n) is 27.0. The van der Waals surface area contributed by atoms with Crippen molar-refractivity contribution in [1.82, 2.24) is 0 Å². The van der Waals surface area contributed by atoms with Crippen LogP contribution < -0.4 is 0 Å². The lowest BCUT2D eigenvalue weighted by Crippen LogP contribution is -2.30. The van der Waals surface area contributed by atoms with Crippen LogP contribution in [0.25, 0.3) is 0 Å². The summed E-state index contributed by atoms with van der Waals surface area (Å²) in [6, 6.07) is 0. The minimum absolute atomic E-state index is 0.0885. The standard InChI is InChI=1S/C81H146O17P2/c1-5-9-13-17-21-25-29-33-36-37-40-43-46-50-54-58-62-66-79(84)92-71-76(97-80(85)67-63-59-55-51-47-41-32-28-24-20-16-12-8-4)73-95-99(87,88)93-69-75(82)70-94-100(89,90)96-74-77(98-81(86)68-64-60-56-52-48-44-39-35-31-27-23-19-15-11-7-3)72-91-78(83)65-61-57-53-49-45-42-38-34-30-26-22-18-14-10-6-2/h21-22,25-26,33-34,36,38,40,43,50,54,75-77,82H,5-20,23-24,27-32,35,37,39,41-42,44-49,51-53,55-74H2,1-4H3,(H,87,88)(H,89,90)/b25-21-,26-22-,36-33-,38-34-,43-40-,54-50-/t75-,76+,77+/m0/s1. The third-order valence-corrected chi connectivity index (χ3v) is 19.1. The fourth-order valence-electron chi connectivity index (χ4n) is 11.0. The van der Waals surface area contributed by atoms with E-state index in [1.165, 1.54) is 154 Å². The van der Waals surface area contributed by atoms with E-state index in [-0.39, 0.29) is 25.7 Å². The van der Waals surface area contributed by atoms with Gasteiger partial charge in [-0.05, 0) is 96.3 Å². The van der Waals surface area contributed by atoms with Gasteiger partial charge in [-0.25, -0.2) is 9.13 Å². The van der Waals surface area contributed by atoms with Crippen LogP contribution >= 0.6 is 15.6 Å². The van der Waals surface area contributed by atoms with Gasteiger partial charge in [0.15, 0.2) is 12.2 Å². The number of allylic oxidation sites excluding steroid dienone is 12. The number of carbonyl (C=O) groups is 4. The molecule has 19 heteroatoms. The van der Waals surface area contributed by atoms with E-state index in [0.717, 1.165) is 122 Å². The van der Waals surface area contributed by atoms with Crippen molar-refractivity contribution in [3.8, 4) is 0 Å². The lowest BCUT2D eigenvalue weighted by Gasteiger charge is -2.21. The molecule has 0 aromatic carbocycles. The summed E-state index contributed by atoms with van der Waals surface area (Å²) in [7, 11) is -9.96. The first-order valence-corrected chi connectivity index (χ1v) is 43.2. The largest absolute Gasteiger partial charge is 0.472 e. The molecule has 582 valence electrons. The van der Waals surface area contributed by atoms with Crippen molar-refractivity contribution >= 4 is 39.5 Å². The molecule has 2 unspecified atom stereocenters. The van der Waals surface area contributed by atoms with Crippen LogP contribution in [0.5, 0.6) is 0 Å². The van der Waals surface area contributed by atoms with E-state index >= 15 is 0 Å². The Labute approximate surface area is 609 Å². The number of aliphatic hydroxyl groups excluding tert-OH is 1. The molecule has 0 aliphatic heterocycles. The zero-order valence-corrected chi connectivity index (χ0v) is 65.4. The van der Waals surface area contributed by atoms with Crippen molar-refractivity contribution in [2.24, 2.45) is 0 Å². The van der Waals surface area contributed by atoms with Crippen molar-refractivity contribution in [2.75, 3.05) is 39.6 Å². The van der Waals surface area contributed by atoms with Gasteiger partial charge in [-0.15, -0.1) is 0 Å². The van der Waals surface area contributed by atoms with Crippen LogP contribution in [0.3, 0.4) is 0 Å². The van der Waals surface area contributed by atoms with Crippen molar-refractivity contribution in [1.29, 1.82) is 0 Å². The highest BCUT2D eigenvalue weighted by Gasteiger charge is 2.30. The first kappa shape index (κ1) is 96.5. The predicted molar refractivity (Wildman–Crippen MR) is 409 cm³/mol. The molecule has 0 heterocycles. The molecule has 3 N–H and O–H groups in total. The van der Waals surface area contributed by atoms with E-state index < -0.39 is 97.5 Å². The molecule has 0 aliphatic rings. The lowest BCUT2D eigenvalue weighted by molar-refractivity contribution is -0.161. The molecule has 0 aromatic rings. The van der Waals surface area contributed by atoms with E-state index in [1.54, 1.807) is 0 Å². The van der Waals surface area contributed by atoms with Crippen molar-refractivity contribution in [2.45, 2.75) is 380 Å². The molecule has 0 radical (unpaired) electrons. The lowest BCUT2D eigenvalue weighted by atomic mass is 10.0. The number of ether oxygens (including phenoxy) is 4. The fourth-order valence-corrected chi connectivity index (χ4v) is 12.6. The Morgan fingerprint density at radius 1 is 0.280 bits per heavy atom. The average molecular weight is 1450 g/mol. The second kappa shape index (κ2) is 73.8. The third kappa shape index (κ3) is 72.8. The van der Waals surface area contributed by atoms with Gasteiger partial charge in [-0.2, -0.15) is 0 Å². The van der Waals surface area contributed by atoms with Gasteiger partial charge in [0.05, 0.1) is 26.4 Å². The number of phosphoric acid groups is 2. The number of hydrogen-bond acceptors (Lipinski definition) is 15. The van der Waals surface area contributed by atoms with Crippen molar-refractivity contribution in [3.05, 3.63) is 72.9 Å². The Hall–Kier alpha value is -3.50. The predicted octanol–water partition coefficient (Wildman–Crippen LogP) is 23.2. The van der Waals surface area contributed by atoms with E-state index in [4.69, 9.17) is 37.0 Å². The minimum atomic E-state index is -4.98. The summed E-state index contributed by atoms with van der Waals surface area (Å²) < 4.78 is 68.5. The van der Waals surface area contributed by atoms with Gasteiger partial charge >= 0.3 is 39.5 Å². The summed E-state index contributed by atoms with van der Waals surface area (Å²) in [5.74, 6) is -2.22. The van der Waals surface area contributed by atoms with Crippen LogP contribution in [-0.4, -0.2) is 96.7 Å². The molecule has 100 heavy (non-hydrogen) atoms. The van der Waals surface area contributed by atoms with Crippen LogP contribution in [0.4, 0.5) is 0 Å². The highest BCUT2D eigenvalue weighted by molar-refractivity contribution is 7.47. The van der Waals surface area contributed by atoms with E-state index in [2.05, 4.69) is 88.5 Å². The van der Waals surface area contributed by atoms with Crippen LogP contribution in [0.2, 0.25) is 0 Å². The monoisotopic (exact) mass is 1450 g/mol. The molecule has 0 amide bonds. The Morgan fingerprint density at radius 3 is 0.810 bits per heavy atom. The molecular weight excluding hydrogens is 1310 g/mol. The molecule has 17 nitrogen and oxygen atoms in total. The molecule has 5 atom stereocenters. The number of phosphoric ester groups is 2. The Morgan fingerprint density at radius 2 is 0.500 bits per heavy atom. The molecule has 0 aromatic heterocycles. The topological polar surface area (TPSA) is 237 Å². The zero-order valence-electron chi connectivity index (χ0n) is 63.6. The number of esters is 4. The highest BCUT2D eigenvalue weighted by atomic mass is 31.2. The van der Waals surface area contributed by atoms with E-state index in [0.29, 0.717) is 32.1 Å². The maximum atomic E-state index is 13.1. The number of carbonyl (C=O) groups excluding carboxylic acids is 4. The Kier molecular flexibility index (Phi) is 71.2. The van der Waals surface area contributed by atoms with E-state index in [9.17, 15) is 43.2 Å². The molecule has 0 rings (SSSR count). The van der Waals surface area contributed by atoms with Crippen molar-refractivity contribution in [3.63, 3.8) is 0 Å². The van der Waals surface area contributed by atoms with Gasteiger partial charge in [0.2, 0.25) is 0 Å². The first-order valence-electron chi connectivity index (χ1n) is 40.2. The van der Waals surface area contributed by atoms with Crippen molar-refractivity contribution < 1.29 is 80.2 Å². The highest BCUT2D eigenvalue weighted by Crippen LogP contribution is 2.45. The van der Waals surface area contributed by atoms with Gasteiger partial charge in [-0.1, -0.05) is 312 Å². The van der Waals surface area contributed by atoms with Crippen LogP contribution in [0.15, 0.2) is 72.9 Å². The van der Waals surface area contributed by atoms with Gasteiger partial charge in [0, 0.05) is 25.7 Å². The van der Waals surface area contributed by atoms with Gasteiger partial charge < -0.3 is 33.8 Å². The molecule has 0 spiro atoms. The smallest absolute Gasteiger partial charge is 0.462 e. The number of hydrogen-bond donors (Lipinski definition) is 3. The van der Waals surface area contributed by atoms with E-state index in [1.807, 2.05) is 12.2 Å². The van der Waals surface area contributed by atoms with Crippen LogP contribution in [0.1, 0.15) is 362 Å². The summed E-state index contributed by atoms with van der Waals surface area (Å²) >= 11 is 0. The summed E-state index contributed by atoms with van der Waals surface area (Å²) in [6.07, 6.45) is 74.5. The Balaban J connectivity index is 5.37. The van der Waals surface area contributed by atoms with Gasteiger partial charge in [0.25, 0.3) is 0 Å². The summed E-state index contributed by atoms with van der Waals surface area (Å²) in [4.78, 5) is 72.9. The van der Waals surface area contributed by atoms with Gasteiger partial charge in [0.1, 0.15) is 19.3 Å². The number of rotatable bonds is 76. The normalized spacial score (nSPS) is 14.3. The molecule has 0 saturated heterocycles. The molecular formula is C81H146O17P2. The molecule has 0 fully saturated rings. The molecule has 0 bridgehead atoms. The summed E-state index contributed by atoms with van der Waals surface area (Å²) in [5.41, 5.74) is 0. The third-order valence-electron chi connectivity index (χ3n) is 17.2.